The van der Waals surface area contributed by atoms with Gasteiger partial charge in [0.15, 0.2) is 18.2 Å². The number of anilines is 1. The molecule has 5 heteroatoms. The molecule has 2 heterocycles. The van der Waals surface area contributed by atoms with Crippen LogP contribution < -0.4 is 5.73 Å². The van der Waals surface area contributed by atoms with Crippen LogP contribution in [0.4, 0.5) is 5.69 Å². The zero-order valence-corrected chi connectivity index (χ0v) is 15.9. The molecule has 0 unspecified atom stereocenters. The number of fused-ring (bicyclic) bond motifs is 1. The number of allylic oxidation sites excluding steroid dienone is 1. The lowest BCUT2D eigenvalue weighted by Crippen LogP contribution is -2.04. The molecule has 0 atom stereocenters. The number of carbonyl (C=O) groups is 1. The number of furan rings is 1. The first-order valence-corrected chi connectivity index (χ1v) is 9.31. The highest BCUT2D eigenvalue weighted by Gasteiger charge is 2.24. The third-order valence-electron chi connectivity index (χ3n) is 4.65. The summed E-state index contributed by atoms with van der Waals surface area (Å²) in [6, 6.07) is 13.6. The largest absolute Gasteiger partial charge is 0.489 e. The molecule has 4 rings (SSSR count). The van der Waals surface area contributed by atoms with E-state index in [2.05, 4.69) is 22.0 Å². The Kier molecular flexibility index (Phi) is 4.32. The minimum atomic E-state index is 0.0750. The molecule has 26 heavy (non-hydrogen) atoms. The van der Waals surface area contributed by atoms with Crippen molar-refractivity contribution in [3.05, 3.63) is 63.8 Å². The number of carbonyl (C=O) groups excluding carboxylic acids is 1. The zero-order valence-electron chi connectivity index (χ0n) is 14.3. The van der Waals surface area contributed by atoms with Gasteiger partial charge >= 0.3 is 0 Å². The fraction of sp³-hybridized carbons (Fsp3) is 0.190. The summed E-state index contributed by atoms with van der Waals surface area (Å²) >= 11 is 3.65. The van der Waals surface area contributed by atoms with Crippen LogP contribution in [-0.2, 0) is 16.0 Å². The van der Waals surface area contributed by atoms with Gasteiger partial charge < -0.3 is 14.9 Å². The number of rotatable bonds is 4. The Morgan fingerprint density at radius 2 is 2.00 bits per heavy atom. The minimum Gasteiger partial charge on any atom is -0.489 e. The second-order valence-electron chi connectivity index (χ2n) is 6.31. The lowest BCUT2D eigenvalue weighted by atomic mass is 10.00. The van der Waals surface area contributed by atoms with Crippen molar-refractivity contribution >= 4 is 38.4 Å². The van der Waals surface area contributed by atoms with Crippen LogP contribution in [-0.4, -0.2) is 12.4 Å². The highest BCUT2D eigenvalue weighted by atomic mass is 79.9. The Labute approximate surface area is 159 Å². The first-order chi connectivity index (χ1) is 12.6. The van der Waals surface area contributed by atoms with Crippen molar-refractivity contribution in [2.24, 2.45) is 0 Å². The number of hydrogen-bond donors (Lipinski definition) is 1. The van der Waals surface area contributed by atoms with Crippen molar-refractivity contribution in [3.63, 3.8) is 0 Å². The highest BCUT2D eigenvalue weighted by Crippen LogP contribution is 2.40. The number of benzene rings is 2. The fourth-order valence-electron chi connectivity index (χ4n) is 3.30. The molecule has 132 valence electrons. The molecule has 0 saturated carbocycles. The average Bonchev–Trinajstić information content (AvgIpc) is 3.16. The number of halogens is 1. The van der Waals surface area contributed by atoms with E-state index in [0.717, 1.165) is 44.3 Å². The van der Waals surface area contributed by atoms with Gasteiger partial charge in [-0.05, 0) is 45.8 Å². The Morgan fingerprint density at radius 1 is 1.19 bits per heavy atom. The van der Waals surface area contributed by atoms with Crippen molar-refractivity contribution in [1.82, 2.24) is 0 Å². The van der Waals surface area contributed by atoms with Gasteiger partial charge in [-0.3, -0.25) is 4.79 Å². The molecular weight excluding hydrogens is 394 g/mol. The van der Waals surface area contributed by atoms with Crippen molar-refractivity contribution in [3.8, 4) is 11.3 Å². The summed E-state index contributed by atoms with van der Waals surface area (Å²) in [5.74, 6) is 1.59. The molecule has 0 saturated heterocycles. The maximum atomic E-state index is 12.1. The first kappa shape index (κ1) is 16.9. The fourth-order valence-corrected chi connectivity index (χ4v) is 3.91. The summed E-state index contributed by atoms with van der Waals surface area (Å²) in [4.78, 5) is 12.1. The standard InChI is InChI=1S/C21H18BrNO3/c1-2-18-14(17(24)11-25-18)9-12-7-8-19-15(10-12)20(22)21(26-19)13-5-3-4-6-16(13)23/h3-8,10H,2,9,11,23H2,1H3. The van der Waals surface area contributed by atoms with Crippen LogP contribution in [0.2, 0.25) is 0 Å². The van der Waals surface area contributed by atoms with Gasteiger partial charge in [-0.1, -0.05) is 25.1 Å². The minimum absolute atomic E-state index is 0.0750. The molecule has 1 aliphatic heterocycles. The third kappa shape index (κ3) is 2.82. The van der Waals surface area contributed by atoms with E-state index in [4.69, 9.17) is 14.9 Å². The number of nitrogens with two attached hydrogens (primary N) is 1. The summed E-state index contributed by atoms with van der Waals surface area (Å²) in [5.41, 5.74) is 10.2. The number of Topliss-reactive ketones (excluding diaryl/α,β-unsaturated/α-hetero) is 1. The van der Waals surface area contributed by atoms with E-state index < -0.39 is 0 Å². The lowest BCUT2D eigenvalue weighted by molar-refractivity contribution is -0.116. The van der Waals surface area contributed by atoms with Crippen LogP contribution in [0.1, 0.15) is 18.9 Å². The number of hydrogen-bond acceptors (Lipinski definition) is 4. The molecule has 0 fully saturated rings. The van der Waals surface area contributed by atoms with Gasteiger partial charge in [0, 0.05) is 35.1 Å². The maximum absolute atomic E-state index is 12.1. The second-order valence-corrected chi connectivity index (χ2v) is 7.10. The molecule has 2 aromatic carbocycles. The van der Waals surface area contributed by atoms with Crippen LogP contribution in [0.15, 0.2) is 62.7 Å². The molecule has 0 spiro atoms. The Bertz CT molecular complexity index is 1050. The van der Waals surface area contributed by atoms with Crippen LogP contribution in [0.3, 0.4) is 0 Å². The van der Waals surface area contributed by atoms with Gasteiger partial charge in [0.1, 0.15) is 11.3 Å². The zero-order chi connectivity index (χ0) is 18.3. The monoisotopic (exact) mass is 411 g/mol. The van der Waals surface area contributed by atoms with Gasteiger partial charge in [0.05, 0.1) is 4.47 Å². The average molecular weight is 412 g/mol. The Morgan fingerprint density at radius 3 is 2.77 bits per heavy atom. The molecule has 0 aliphatic carbocycles. The van der Waals surface area contributed by atoms with Crippen molar-refractivity contribution in [1.29, 1.82) is 0 Å². The summed E-state index contributed by atoms with van der Waals surface area (Å²) in [6.07, 6.45) is 1.30. The number of nitrogen functional groups attached to an aromatic ring is 1. The second kappa shape index (κ2) is 6.65. The summed E-state index contributed by atoms with van der Waals surface area (Å²) in [6.45, 7) is 2.16. The SMILES string of the molecule is CCC1=C(Cc2ccc3oc(-c4ccccc4N)c(Br)c3c2)C(=O)CO1. The summed E-state index contributed by atoms with van der Waals surface area (Å²) < 4.78 is 12.4. The summed E-state index contributed by atoms with van der Waals surface area (Å²) in [5, 5.41) is 0.964. The first-order valence-electron chi connectivity index (χ1n) is 8.52. The molecule has 2 N–H and O–H groups in total. The van der Waals surface area contributed by atoms with Gasteiger partial charge in [0.25, 0.3) is 0 Å². The van der Waals surface area contributed by atoms with Gasteiger partial charge in [-0.15, -0.1) is 0 Å². The molecular formula is C21H18BrNO3. The van der Waals surface area contributed by atoms with Crippen molar-refractivity contribution in [2.45, 2.75) is 19.8 Å². The van der Waals surface area contributed by atoms with Crippen LogP contribution >= 0.6 is 15.9 Å². The maximum Gasteiger partial charge on any atom is 0.199 e. The Hall–Kier alpha value is -2.53. The van der Waals surface area contributed by atoms with E-state index >= 15 is 0 Å². The third-order valence-corrected chi connectivity index (χ3v) is 5.44. The Balaban J connectivity index is 1.76. The molecule has 1 aliphatic rings. The van der Waals surface area contributed by atoms with Gasteiger partial charge in [-0.2, -0.15) is 0 Å². The topological polar surface area (TPSA) is 65.5 Å². The lowest BCUT2D eigenvalue weighted by Gasteiger charge is -2.03. The molecule has 0 bridgehead atoms. The predicted octanol–water partition coefficient (Wildman–Crippen LogP) is 5.25. The number of para-hydroxylation sites is 1. The van der Waals surface area contributed by atoms with E-state index in [1.165, 1.54) is 0 Å². The van der Waals surface area contributed by atoms with E-state index in [9.17, 15) is 4.79 Å². The molecule has 4 nitrogen and oxygen atoms in total. The molecule has 3 aromatic rings. The van der Waals surface area contributed by atoms with Gasteiger partial charge in [-0.25, -0.2) is 0 Å². The van der Waals surface area contributed by atoms with E-state index in [0.29, 0.717) is 17.9 Å². The quantitative estimate of drug-likeness (QED) is 0.595. The van der Waals surface area contributed by atoms with Crippen LogP contribution in [0, 0.1) is 0 Å². The predicted molar refractivity (Wildman–Crippen MR) is 106 cm³/mol. The molecule has 0 amide bonds. The van der Waals surface area contributed by atoms with E-state index in [-0.39, 0.29) is 12.4 Å². The van der Waals surface area contributed by atoms with Crippen LogP contribution in [0.25, 0.3) is 22.3 Å². The smallest absolute Gasteiger partial charge is 0.199 e. The normalized spacial score (nSPS) is 14.3. The number of ketones is 1. The molecule has 1 aromatic heterocycles. The highest BCUT2D eigenvalue weighted by molar-refractivity contribution is 9.10. The van der Waals surface area contributed by atoms with E-state index in [1.807, 2.05) is 43.3 Å². The number of ether oxygens (including phenoxy) is 1. The van der Waals surface area contributed by atoms with Gasteiger partial charge in [0.2, 0.25) is 0 Å². The van der Waals surface area contributed by atoms with Crippen LogP contribution in [0.5, 0.6) is 0 Å². The van der Waals surface area contributed by atoms with E-state index in [1.54, 1.807) is 0 Å². The van der Waals surface area contributed by atoms with Crippen molar-refractivity contribution in [2.75, 3.05) is 12.3 Å². The van der Waals surface area contributed by atoms with Crippen molar-refractivity contribution < 1.29 is 13.9 Å². The molecule has 0 radical (unpaired) electrons. The summed E-state index contributed by atoms with van der Waals surface area (Å²) in [7, 11) is 0.